The van der Waals surface area contributed by atoms with Crippen molar-refractivity contribution in [1.29, 1.82) is 0 Å². The van der Waals surface area contributed by atoms with Gasteiger partial charge in [-0.3, -0.25) is 4.98 Å². The lowest BCUT2D eigenvalue weighted by Gasteiger charge is -2.08. The highest BCUT2D eigenvalue weighted by atomic mass is 16.5. The van der Waals surface area contributed by atoms with Gasteiger partial charge in [0, 0.05) is 18.1 Å². The number of hydrogen-bond donors (Lipinski definition) is 2. The summed E-state index contributed by atoms with van der Waals surface area (Å²) in [5.74, 6) is 0. The molecule has 4 heteroatoms. The Morgan fingerprint density at radius 2 is 1.94 bits per heavy atom. The number of pyridine rings is 1. The maximum Gasteiger partial charge on any atom is 0.129 e. The van der Waals surface area contributed by atoms with Gasteiger partial charge in [0.15, 0.2) is 0 Å². The van der Waals surface area contributed by atoms with Crippen molar-refractivity contribution in [2.24, 2.45) is 0 Å². The molecule has 4 nitrogen and oxygen atoms in total. The Morgan fingerprint density at radius 1 is 1.18 bits per heavy atom. The highest BCUT2D eigenvalue weighted by molar-refractivity contribution is 5.77. The normalized spacial score (nSPS) is 20.0. The smallest absolute Gasteiger partial charge is 0.129 e. The highest BCUT2D eigenvalue weighted by Crippen LogP contribution is 2.10. The van der Waals surface area contributed by atoms with Crippen LogP contribution in [-0.2, 0) is 0 Å². The summed E-state index contributed by atoms with van der Waals surface area (Å²) in [6.45, 7) is 0.612. The second-order valence-corrected chi connectivity index (χ2v) is 3.98. The van der Waals surface area contributed by atoms with Gasteiger partial charge in [-0.15, -0.1) is 0 Å². The Kier molecular flexibility index (Phi) is 4.03. The fourth-order valence-electron chi connectivity index (χ4n) is 1.75. The molecular weight excluding hydrogens is 216 g/mol. The lowest BCUT2D eigenvalue weighted by atomic mass is 10.2. The summed E-state index contributed by atoms with van der Waals surface area (Å²) in [5, 5.41) is 19.4. The Hall–Kier alpha value is -1.49. The molecule has 2 N–H and O–H groups in total. The van der Waals surface area contributed by atoms with Crippen molar-refractivity contribution in [3.05, 3.63) is 42.6 Å². The van der Waals surface area contributed by atoms with E-state index in [-0.39, 0.29) is 0 Å². The Balaban J connectivity index is 0.000000136. The predicted molar refractivity (Wildman–Crippen MR) is 65.5 cm³/mol. The van der Waals surface area contributed by atoms with E-state index in [1.807, 2.05) is 30.5 Å². The van der Waals surface area contributed by atoms with E-state index in [9.17, 15) is 0 Å². The van der Waals surface area contributed by atoms with Crippen molar-refractivity contribution < 1.29 is 10.3 Å². The van der Waals surface area contributed by atoms with Crippen molar-refractivity contribution in [3.63, 3.8) is 0 Å². The molecular formula is C13H16N2O2. The number of fused-ring (bicyclic) bond motifs is 1. The maximum atomic E-state index is 8.67. The molecule has 17 heavy (non-hydrogen) atoms. The van der Waals surface area contributed by atoms with Crippen LogP contribution < -0.4 is 0 Å². The van der Waals surface area contributed by atoms with Crippen LogP contribution in [0.4, 0.5) is 0 Å². The van der Waals surface area contributed by atoms with E-state index >= 15 is 0 Å². The van der Waals surface area contributed by atoms with E-state index in [1.165, 1.54) is 5.39 Å². The first-order valence-corrected chi connectivity index (χ1v) is 5.71. The largest absolute Gasteiger partial charge is 0.376 e. The predicted octanol–water partition coefficient (Wildman–Crippen LogP) is 2.02. The van der Waals surface area contributed by atoms with Gasteiger partial charge in [-0.1, -0.05) is 24.3 Å². The Morgan fingerprint density at radius 3 is 2.53 bits per heavy atom. The molecule has 1 saturated heterocycles. The van der Waals surface area contributed by atoms with Gasteiger partial charge in [0.1, 0.15) is 6.23 Å². The molecule has 0 bridgehead atoms. The standard InChI is InChI=1S/C9H7N.C4H9NO2/c1-2-6-9-8(4-1)5-3-7-10-9;6-4-2-1-3-5(4)7/h1-7H;4,6-7H,1-3H2. The molecule has 1 atom stereocenters. The molecule has 0 radical (unpaired) electrons. The molecule has 0 spiro atoms. The second-order valence-electron chi connectivity index (χ2n) is 3.98. The third-order valence-corrected chi connectivity index (χ3v) is 2.71. The van der Waals surface area contributed by atoms with Gasteiger partial charge in [-0.2, -0.15) is 5.06 Å². The summed E-state index contributed by atoms with van der Waals surface area (Å²) in [6, 6.07) is 12.1. The van der Waals surface area contributed by atoms with Crippen LogP contribution in [0, 0.1) is 0 Å². The van der Waals surface area contributed by atoms with Crippen LogP contribution in [0.2, 0.25) is 0 Å². The van der Waals surface area contributed by atoms with E-state index in [0.717, 1.165) is 17.0 Å². The average Bonchev–Trinajstić information content (AvgIpc) is 2.75. The maximum absolute atomic E-state index is 8.67. The van der Waals surface area contributed by atoms with Gasteiger partial charge in [-0.05, 0) is 25.0 Å². The summed E-state index contributed by atoms with van der Waals surface area (Å²) in [4.78, 5) is 4.18. The van der Waals surface area contributed by atoms with E-state index in [0.29, 0.717) is 13.0 Å². The molecule has 1 aromatic heterocycles. The number of hydrogen-bond acceptors (Lipinski definition) is 4. The Bertz CT molecular complexity index is 402. The van der Waals surface area contributed by atoms with Crippen LogP contribution >= 0.6 is 0 Å². The molecule has 2 heterocycles. The number of benzene rings is 1. The Labute approximate surface area is 100 Å². The molecule has 1 aliphatic heterocycles. The molecule has 0 amide bonds. The molecule has 0 aliphatic carbocycles. The van der Waals surface area contributed by atoms with Crippen LogP contribution in [0.15, 0.2) is 42.6 Å². The zero-order valence-corrected chi connectivity index (χ0v) is 9.53. The number of rotatable bonds is 0. The average molecular weight is 232 g/mol. The minimum atomic E-state index is -0.597. The molecule has 1 unspecified atom stereocenters. The fourth-order valence-corrected chi connectivity index (χ4v) is 1.75. The van der Waals surface area contributed by atoms with Gasteiger partial charge in [-0.25, -0.2) is 0 Å². The summed E-state index contributed by atoms with van der Waals surface area (Å²) in [5.41, 5.74) is 1.06. The van der Waals surface area contributed by atoms with E-state index in [1.54, 1.807) is 0 Å². The summed E-state index contributed by atoms with van der Waals surface area (Å²) in [6.07, 6.45) is 2.82. The van der Waals surface area contributed by atoms with Gasteiger partial charge in [0.05, 0.1) is 5.52 Å². The van der Waals surface area contributed by atoms with Gasteiger partial charge < -0.3 is 10.3 Å². The number of aliphatic hydroxyl groups excluding tert-OH is 1. The van der Waals surface area contributed by atoms with Crippen LogP contribution in [0.25, 0.3) is 10.9 Å². The summed E-state index contributed by atoms with van der Waals surface area (Å²) < 4.78 is 0. The van der Waals surface area contributed by atoms with Crippen LogP contribution in [-0.4, -0.2) is 33.1 Å². The molecule has 1 fully saturated rings. The van der Waals surface area contributed by atoms with E-state index in [2.05, 4.69) is 17.1 Å². The monoisotopic (exact) mass is 232 g/mol. The quantitative estimate of drug-likeness (QED) is 0.729. The molecule has 3 rings (SSSR count). The third kappa shape index (κ3) is 3.23. The van der Waals surface area contributed by atoms with Crippen molar-refractivity contribution in [2.75, 3.05) is 6.54 Å². The summed E-state index contributed by atoms with van der Waals surface area (Å²) >= 11 is 0. The van der Waals surface area contributed by atoms with Crippen LogP contribution in [0.1, 0.15) is 12.8 Å². The van der Waals surface area contributed by atoms with E-state index in [4.69, 9.17) is 10.3 Å². The summed E-state index contributed by atoms with van der Waals surface area (Å²) in [7, 11) is 0. The van der Waals surface area contributed by atoms with Crippen LogP contribution in [0.3, 0.4) is 0 Å². The lowest BCUT2D eigenvalue weighted by Crippen LogP contribution is -2.24. The highest BCUT2D eigenvalue weighted by Gasteiger charge is 2.18. The van der Waals surface area contributed by atoms with Crippen LogP contribution in [0.5, 0.6) is 0 Å². The second kappa shape index (κ2) is 5.72. The van der Waals surface area contributed by atoms with Crippen molar-refractivity contribution in [1.82, 2.24) is 10.0 Å². The van der Waals surface area contributed by atoms with Gasteiger partial charge in [0.2, 0.25) is 0 Å². The fraction of sp³-hybridized carbons (Fsp3) is 0.308. The first-order chi connectivity index (χ1) is 8.27. The minimum absolute atomic E-state index is 0.597. The molecule has 0 saturated carbocycles. The first-order valence-electron chi connectivity index (χ1n) is 5.71. The lowest BCUT2D eigenvalue weighted by molar-refractivity contribution is -0.170. The third-order valence-electron chi connectivity index (χ3n) is 2.71. The molecule has 1 aromatic carbocycles. The molecule has 2 aromatic rings. The van der Waals surface area contributed by atoms with Crippen molar-refractivity contribution in [3.8, 4) is 0 Å². The topological polar surface area (TPSA) is 56.6 Å². The van der Waals surface area contributed by atoms with E-state index < -0.39 is 6.23 Å². The first kappa shape index (κ1) is 12.0. The number of para-hydroxylation sites is 1. The minimum Gasteiger partial charge on any atom is -0.376 e. The van der Waals surface area contributed by atoms with Crippen molar-refractivity contribution in [2.45, 2.75) is 19.1 Å². The van der Waals surface area contributed by atoms with Gasteiger partial charge in [0.25, 0.3) is 0 Å². The molecule has 90 valence electrons. The zero-order valence-electron chi connectivity index (χ0n) is 9.53. The number of hydroxylamine groups is 2. The molecule has 1 aliphatic rings. The van der Waals surface area contributed by atoms with Crippen molar-refractivity contribution >= 4 is 10.9 Å². The zero-order chi connectivity index (χ0) is 12.1. The number of aliphatic hydroxyl groups is 1. The SMILES string of the molecule is OC1CCCN1O.c1ccc2ncccc2c1. The van der Waals surface area contributed by atoms with Gasteiger partial charge >= 0.3 is 0 Å². The number of nitrogens with zero attached hydrogens (tertiary/aromatic N) is 2. The number of aromatic nitrogens is 1.